The summed E-state index contributed by atoms with van der Waals surface area (Å²) in [5.74, 6) is 0. The van der Waals surface area contributed by atoms with Crippen LogP contribution in [-0.2, 0) is 5.41 Å². The van der Waals surface area contributed by atoms with Crippen LogP contribution >= 0.6 is 0 Å². The Labute approximate surface area is 274 Å². The van der Waals surface area contributed by atoms with Crippen LogP contribution in [-0.4, -0.2) is 4.98 Å². The van der Waals surface area contributed by atoms with E-state index in [9.17, 15) is 0 Å². The van der Waals surface area contributed by atoms with E-state index in [-0.39, 0.29) is 5.41 Å². The smallest absolute Gasteiger partial charge is 0.0752 e. The number of hydrogen-bond acceptors (Lipinski definition) is 1. The van der Waals surface area contributed by atoms with Crippen molar-refractivity contribution in [2.24, 2.45) is 0 Å². The lowest BCUT2D eigenvalue weighted by atomic mass is 9.78. The Morgan fingerprint density at radius 3 is 1.62 bits per heavy atom. The highest BCUT2D eigenvalue weighted by atomic mass is 14.7. The van der Waals surface area contributed by atoms with Crippen molar-refractivity contribution in [3.05, 3.63) is 163 Å². The molecule has 0 bridgehead atoms. The van der Waals surface area contributed by atoms with Gasteiger partial charge in [-0.3, -0.25) is 4.98 Å². The molecule has 8 aromatic rings. The molecular formula is C46H31N. The van der Waals surface area contributed by atoms with Crippen LogP contribution in [0.2, 0.25) is 0 Å². The number of benzene rings is 7. The molecule has 0 fully saturated rings. The van der Waals surface area contributed by atoms with Crippen molar-refractivity contribution in [1.82, 2.24) is 4.98 Å². The second-order valence-electron chi connectivity index (χ2n) is 13.4. The molecule has 0 amide bonds. The lowest BCUT2D eigenvalue weighted by molar-refractivity contribution is 0.661. The predicted molar refractivity (Wildman–Crippen MR) is 198 cm³/mol. The maximum atomic E-state index is 4.96. The summed E-state index contributed by atoms with van der Waals surface area (Å²) in [6.45, 7) is 4.70. The number of fused-ring (bicyclic) bond motifs is 7. The zero-order chi connectivity index (χ0) is 31.3. The molecule has 47 heavy (non-hydrogen) atoms. The summed E-state index contributed by atoms with van der Waals surface area (Å²) in [4.78, 5) is 4.96. The summed E-state index contributed by atoms with van der Waals surface area (Å²) < 4.78 is 0. The van der Waals surface area contributed by atoms with Crippen molar-refractivity contribution in [3.63, 3.8) is 0 Å². The van der Waals surface area contributed by atoms with Gasteiger partial charge in [-0.15, -0.1) is 0 Å². The molecule has 0 saturated carbocycles. The molecule has 220 valence electrons. The summed E-state index contributed by atoms with van der Waals surface area (Å²) in [5.41, 5.74) is 17.8. The van der Waals surface area contributed by atoms with Crippen LogP contribution < -0.4 is 0 Å². The van der Waals surface area contributed by atoms with Gasteiger partial charge in [0.2, 0.25) is 0 Å². The van der Waals surface area contributed by atoms with E-state index in [1.54, 1.807) is 0 Å². The molecule has 0 N–H and O–H groups in total. The van der Waals surface area contributed by atoms with Gasteiger partial charge in [-0.25, -0.2) is 0 Å². The standard InChI is InChI=1S/C46H31N/c1-46(2)38-23-12-11-20-35(38)45-44(46)34(26-27-47-45)30-24-25-37-41-31(30)21-13-22-36(41)42-39(28-14-5-3-6-15-28)32-18-9-10-19-33(32)40(43(37)42)29-16-7-4-8-17-29/h3-27H,1-2H3. The number of aromatic nitrogens is 1. The van der Waals surface area contributed by atoms with Crippen molar-refractivity contribution in [3.8, 4) is 66.9 Å². The van der Waals surface area contributed by atoms with E-state index in [1.165, 1.54) is 93.9 Å². The van der Waals surface area contributed by atoms with Crippen LogP contribution in [0.3, 0.4) is 0 Å². The van der Waals surface area contributed by atoms with E-state index in [4.69, 9.17) is 4.98 Å². The summed E-state index contributed by atoms with van der Waals surface area (Å²) >= 11 is 0. The fourth-order valence-electron chi connectivity index (χ4n) is 8.74. The Kier molecular flexibility index (Phi) is 5.40. The topological polar surface area (TPSA) is 12.9 Å². The first-order chi connectivity index (χ1) is 23.1. The maximum Gasteiger partial charge on any atom is 0.0752 e. The van der Waals surface area contributed by atoms with Crippen LogP contribution in [0, 0.1) is 0 Å². The monoisotopic (exact) mass is 597 g/mol. The van der Waals surface area contributed by atoms with Gasteiger partial charge in [0.15, 0.2) is 0 Å². The largest absolute Gasteiger partial charge is 0.256 e. The van der Waals surface area contributed by atoms with Crippen molar-refractivity contribution >= 4 is 21.5 Å². The molecular weight excluding hydrogens is 567 g/mol. The molecule has 10 rings (SSSR count). The molecule has 0 unspecified atom stereocenters. The first-order valence-corrected chi connectivity index (χ1v) is 16.5. The van der Waals surface area contributed by atoms with Gasteiger partial charge in [0.1, 0.15) is 0 Å². The average Bonchev–Trinajstić information content (AvgIpc) is 3.58. The molecule has 7 aromatic carbocycles. The van der Waals surface area contributed by atoms with E-state index < -0.39 is 0 Å². The average molecular weight is 598 g/mol. The number of pyridine rings is 1. The minimum Gasteiger partial charge on any atom is -0.256 e. The van der Waals surface area contributed by atoms with Gasteiger partial charge in [0.25, 0.3) is 0 Å². The molecule has 0 radical (unpaired) electrons. The summed E-state index contributed by atoms with van der Waals surface area (Å²) in [7, 11) is 0. The van der Waals surface area contributed by atoms with Crippen molar-refractivity contribution in [1.29, 1.82) is 0 Å². The van der Waals surface area contributed by atoms with Crippen molar-refractivity contribution < 1.29 is 0 Å². The van der Waals surface area contributed by atoms with Gasteiger partial charge in [-0.1, -0.05) is 153 Å². The Morgan fingerprint density at radius 1 is 0.404 bits per heavy atom. The third-order valence-electron chi connectivity index (χ3n) is 10.6. The van der Waals surface area contributed by atoms with E-state index >= 15 is 0 Å². The predicted octanol–water partition coefficient (Wildman–Crippen LogP) is 12.3. The normalized spacial score (nSPS) is 13.5. The molecule has 0 atom stereocenters. The van der Waals surface area contributed by atoms with Crippen LogP contribution in [0.1, 0.15) is 25.0 Å². The molecule has 1 heterocycles. The zero-order valence-electron chi connectivity index (χ0n) is 26.4. The highest BCUT2D eigenvalue weighted by molar-refractivity contribution is 6.28. The molecule has 0 aliphatic heterocycles. The highest BCUT2D eigenvalue weighted by Gasteiger charge is 2.39. The van der Waals surface area contributed by atoms with Crippen LogP contribution in [0.5, 0.6) is 0 Å². The quantitative estimate of drug-likeness (QED) is 0.197. The molecule has 2 aliphatic rings. The lowest BCUT2D eigenvalue weighted by Gasteiger charge is -2.24. The van der Waals surface area contributed by atoms with Gasteiger partial charge in [0.05, 0.1) is 5.69 Å². The van der Waals surface area contributed by atoms with Crippen LogP contribution in [0.4, 0.5) is 0 Å². The third kappa shape index (κ3) is 3.52. The SMILES string of the molecule is CC1(C)c2ccccc2-c2nccc(-c3ccc4c5c(cccc35)-c3c-4c(-c4ccccc4)c4ccccc4c3-c3ccccc3)c21. The van der Waals surface area contributed by atoms with E-state index in [2.05, 4.69) is 159 Å². The minimum atomic E-state index is -0.153. The van der Waals surface area contributed by atoms with E-state index in [0.29, 0.717) is 0 Å². The summed E-state index contributed by atoms with van der Waals surface area (Å²) in [6, 6.07) is 53.6. The fourth-order valence-corrected chi connectivity index (χ4v) is 8.74. The Bertz CT molecular complexity index is 2480. The van der Waals surface area contributed by atoms with Crippen molar-refractivity contribution in [2.75, 3.05) is 0 Å². The molecule has 1 aromatic heterocycles. The molecule has 0 spiro atoms. The number of nitrogens with zero attached hydrogens (tertiary/aromatic N) is 1. The molecule has 1 heteroatoms. The summed E-state index contributed by atoms with van der Waals surface area (Å²) in [6.07, 6.45) is 2.00. The Balaban J connectivity index is 1.33. The van der Waals surface area contributed by atoms with E-state index in [0.717, 1.165) is 5.69 Å². The minimum absolute atomic E-state index is 0.153. The number of hydrogen-bond donors (Lipinski definition) is 0. The van der Waals surface area contributed by atoms with Crippen LogP contribution in [0.25, 0.3) is 88.4 Å². The fraction of sp³-hybridized carbons (Fsp3) is 0.0652. The van der Waals surface area contributed by atoms with Gasteiger partial charge in [0, 0.05) is 17.2 Å². The van der Waals surface area contributed by atoms with Crippen LogP contribution in [0.15, 0.2) is 152 Å². The van der Waals surface area contributed by atoms with Gasteiger partial charge in [-0.05, 0) is 94.4 Å². The first-order valence-electron chi connectivity index (χ1n) is 16.5. The first kappa shape index (κ1) is 26.4. The van der Waals surface area contributed by atoms with Crippen molar-refractivity contribution in [2.45, 2.75) is 19.3 Å². The van der Waals surface area contributed by atoms with Gasteiger partial charge >= 0.3 is 0 Å². The summed E-state index contributed by atoms with van der Waals surface area (Å²) in [5, 5.41) is 5.20. The second-order valence-corrected chi connectivity index (χ2v) is 13.4. The van der Waals surface area contributed by atoms with E-state index in [1.807, 2.05) is 6.20 Å². The molecule has 2 aliphatic carbocycles. The third-order valence-corrected chi connectivity index (χ3v) is 10.6. The van der Waals surface area contributed by atoms with Gasteiger partial charge in [-0.2, -0.15) is 0 Å². The highest BCUT2D eigenvalue weighted by Crippen LogP contribution is 2.59. The zero-order valence-corrected chi connectivity index (χ0v) is 26.4. The Hall–Kier alpha value is -5.79. The van der Waals surface area contributed by atoms with Gasteiger partial charge < -0.3 is 0 Å². The molecule has 1 nitrogen and oxygen atoms in total. The lowest BCUT2D eigenvalue weighted by Crippen LogP contribution is -2.16. The molecule has 0 saturated heterocycles. The number of rotatable bonds is 3. The maximum absolute atomic E-state index is 4.96. The second kappa shape index (κ2) is 9.61. The Morgan fingerprint density at radius 2 is 0.936 bits per heavy atom.